The molecule has 3 heterocycles. The molecule has 0 bridgehead atoms. The fourth-order valence-corrected chi connectivity index (χ4v) is 6.01. The van der Waals surface area contributed by atoms with Crippen LogP contribution in [-0.4, -0.2) is 79.8 Å². The van der Waals surface area contributed by atoms with Crippen LogP contribution in [0, 0.1) is 5.41 Å². The minimum absolute atomic E-state index is 0.00452. The molecule has 3 aromatic heterocycles. The second-order valence-corrected chi connectivity index (χ2v) is 14.4. The Morgan fingerprint density at radius 2 is 1.82 bits per heavy atom. The lowest BCUT2D eigenvalue weighted by molar-refractivity contribution is -0.157. The number of nitrogens with two attached hydrogens (primary N) is 1. The van der Waals surface area contributed by atoms with Crippen LogP contribution in [0.15, 0.2) is 59.9 Å². The lowest BCUT2D eigenvalue weighted by Crippen LogP contribution is -2.46. The quantitative estimate of drug-likeness (QED) is 0.0472. The molecule has 17 nitrogen and oxygen atoms in total. The lowest BCUT2D eigenvalue weighted by atomic mass is 10.1. The van der Waals surface area contributed by atoms with Gasteiger partial charge in [-0.2, -0.15) is 4.98 Å². The molecule has 0 spiro atoms. The lowest BCUT2D eigenvalue weighted by Gasteiger charge is -2.24. The number of H-pyrrole nitrogens is 1. The number of carbonyl (C=O) groups is 4. The summed E-state index contributed by atoms with van der Waals surface area (Å²) in [4.78, 5) is 72.1. The van der Waals surface area contributed by atoms with Crippen LogP contribution in [-0.2, 0) is 25.6 Å². The smallest absolute Gasteiger partial charge is 0.426 e. The van der Waals surface area contributed by atoms with Gasteiger partial charge in [-0.15, -0.1) is 0 Å². The number of pyridine rings is 1. The van der Waals surface area contributed by atoms with Gasteiger partial charge in [-0.1, -0.05) is 16.9 Å². The number of carbonyl (C=O) groups excluding carboxylic acids is 4. The number of aromatic amines is 1. The topological polar surface area (TPSA) is 243 Å². The molecule has 0 aliphatic carbocycles. The normalized spacial score (nSPS) is 11.7. The zero-order chi connectivity index (χ0) is 37.0. The van der Waals surface area contributed by atoms with Gasteiger partial charge in [0.05, 0.1) is 18.4 Å². The van der Waals surface area contributed by atoms with E-state index in [0.29, 0.717) is 18.0 Å². The Balaban J connectivity index is 1.27. The Labute approximate surface area is 301 Å². The van der Waals surface area contributed by atoms with Crippen molar-refractivity contribution >= 4 is 68.3 Å². The molecule has 4 aromatic rings. The minimum Gasteiger partial charge on any atom is -0.458 e. The van der Waals surface area contributed by atoms with Crippen LogP contribution in [0.4, 0.5) is 16.4 Å². The molecule has 4 rings (SSSR count). The van der Waals surface area contributed by atoms with Gasteiger partial charge in [-0.3, -0.25) is 20.4 Å². The number of nitrogens with zero attached hydrogens (tertiary/aromatic N) is 5. The number of anilines is 2. The van der Waals surface area contributed by atoms with Crippen LogP contribution in [0.1, 0.15) is 49.7 Å². The first-order valence-corrected chi connectivity index (χ1v) is 17.9. The van der Waals surface area contributed by atoms with Crippen molar-refractivity contribution in [2.24, 2.45) is 0 Å². The minimum atomic E-state index is -1.15. The predicted molar refractivity (Wildman–Crippen MR) is 192 cm³/mol. The molecule has 0 aliphatic rings. The van der Waals surface area contributed by atoms with Gasteiger partial charge in [0.2, 0.25) is 11.9 Å². The number of rotatable bonds is 14. The summed E-state index contributed by atoms with van der Waals surface area (Å²) in [6, 6.07) is 11.1. The highest BCUT2D eigenvalue weighted by Crippen LogP contribution is 2.28. The number of fused-ring (bicyclic) bond motifs is 1. The molecular formula is C32H39N11O6S2. The summed E-state index contributed by atoms with van der Waals surface area (Å²) in [5, 5.41) is 11.6. The van der Waals surface area contributed by atoms with Gasteiger partial charge < -0.3 is 30.4 Å². The first-order valence-electron chi connectivity index (χ1n) is 15.6. The number of esters is 1. The molecule has 1 aromatic carbocycles. The van der Waals surface area contributed by atoms with Crippen molar-refractivity contribution in [1.82, 2.24) is 41.1 Å². The fourth-order valence-electron chi connectivity index (χ4n) is 4.30. The maximum absolute atomic E-state index is 13.2. The Morgan fingerprint density at radius 3 is 2.53 bits per heavy atom. The van der Waals surface area contributed by atoms with E-state index in [1.54, 1.807) is 57.4 Å². The maximum Gasteiger partial charge on any atom is 0.426 e. The summed E-state index contributed by atoms with van der Waals surface area (Å²) < 4.78 is 10.5. The second-order valence-electron chi connectivity index (χ2n) is 11.9. The molecule has 0 radical (unpaired) electrons. The van der Waals surface area contributed by atoms with E-state index in [4.69, 9.17) is 20.6 Å². The van der Waals surface area contributed by atoms with Crippen LogP contribution in [0.3, 0.4) is 0 Å². The van der Waals surface area contributed by atoms with Crippen molar-refractivity contribution in [1.29, 1.82) is 5.41 Å². The Morgan fingerprint density at radius 1 is 1.06 bits per heavy atom. The Kier molecular flexibility index (Phi) is 13.5. The van der Waals surface area contributed by atoms with Crippen LogP contribution in [0.5, 0.6) is 0 Å². The van der Waals surface area contributed by atoms with Gasteiger partial charge in [-0.25, -0.2) is 30.0 Å². The van der Waals surface area contributed by atoms with Gasteiger partial charge in [-0.05, 0) is 74.4 Å². The third-order valence-electron chi connectivity index (χ3n) is 6.63. The average molecular weight is 738 g/mol. The van der Waals surface area contributed by atoms with Crippen molar-refractivity contribution in [3.8, 4) is 0 Å². The molecule has 1 atom stereocenters. The number of aromatic nitrogens is 5. The van der Waals surface area contributed by atoms with Gasteiger partial charge >= 0.3 is 12.1 Å². The number of nitrogen functional groups attached to an aromatic ring is 1. The SMILES string of the molecule is CN(Cc1cnc2nc(N)[nH]c(=N)c2n1)c1ccc(C(=O)N[C@@H](CCC(=O)NNC(=O)OCCSSc2ccccn2)C(=O)OC(C)(C)C)cc1. The molecule has 0 saturated carbocycles. The first kappa shape index (κ1) is 38.4. The highest BCUT2D eigenvalue weighted by molar-refractivity contribution is 8.76. The summed E-state index contributed by atoms with van der Waals surface area (Å²) >= 11 is 0. The van der Waals surface area contributed by atoms with E-state index in [2.05, 4.69) is 41.1 Å². The predicted octanol–water partition coefficient (Wildman–Crippen LogP) is 2.86. The van der Waals surface area contributed by atoms with Crippen molar-refractivity contribution in [2.75, 3.05) is 30.0 Å². The molecule has 270 valence electrons. The highest BCUT2D eigenvalue weighted by atomic mass is 33.1. The molecule has 3 amide bonds. The van der Waals surface area contributed by atoms with E-state index in [1.165, 1.54) is 21.6 Å². The van der Waals surface area contributed by atoms with Crippen LogP contribution >= 0.6 is 21.6 Å². The van der Waals surface area contributed by atoms with Gasteiger partial charge in [0, 0.05) is 36.7 Å². The van der Waals surface area contributed by atoms with E-state index in [1.807, 2.05) is 30.1 Å². The van der Waals surface area contributed by atoms with E-state index in [9.17, 15) is 19.2 Å². The van der Waals surface area contributed by atoms with Crippen molar-refractivity contribution in [2.45, 2.75) is 56.8 Å². The zero-order valence-electron chi connectivity index (χ0n) is 28.4. The van der Waals surface area contributed by atoms with Gasteiger partial charge in [0.15, 0.2) is 16.7 Å². The summed E-state index contributed by atoms with van der Waals surface area (Å²) in [6.07, 6.45) is 2.09. The first-order chi connectivity index (χ1) is 24.3. The number of nitrogens with one attached hydrogen (secondary N) is 5. The number of benzene rings is 1. The molecule has 51 heavy (non-hydrogen) atoms. The largest absolute Gasteiger partial charge is 0.458 e. The molecule has 0 unspecified atom stereocenters. The Hall–Kier alpha value is -5.43. The number of amides is 3. The Bertz CT molecular complexity index is 1890. The summed E-state index contributed by atoms with van der Waals surface area (Å²) in [5.41, 5.74) is 11.4. The standard InChI is InChI=1S/C32H39N11O6S2/c1-32(2,3)49-29(46)22(12-13-23(44)41-42-31(47)48-15-16-50-51-24-7-5-6-14-35-24)38-28(45)19-8-10-21(11-9-19)43(4)18-20-17-36-27-25(37-20)26(33)39-30(34)40-27/h5-11,14,17,22H,12-13,15-16,18H2,1-4H3,(H,38,45)(H,41,44)(H,42,47)(H4,33,34,36,39,40)/t22-/m0/s1. The van der Waals surface area contributed by atoms with Crippen LogP contribution < -0.4 is 32.3 Å². The number of hydrogen-bond acceptors (Lipinski definition) is 15. The molecule has 0 fully saturated rings. The number of ether oxygens (including phenoxy) is 2. The van der Waals surface area contributed by atoms with Crippen LogP contribution in [0.2, 0.25) is 0 Å². The van der Waals surface area contributed by atoms with E-state index in [-0.39, 0.29) is 47.6 Å². The fraction of sp³-hybridized carbons (Fsp3) is 0.344. The molecule has 0 saturated heterocycles. The molecule has 0 aliphatic heterocycles. The van der Waals surface area contributed by atoms with Crippen LogP contribution in [0.25, 0.3) is 11.2 Å². The van der Waals surface area contributed by atoms with E-state index in [0.717, 1.165) is 10.7 Å². The maximum atomic E-state index is 13.2. The van der Waals surface area contributed by atoms with Gasteiger partial charge in [0.1, 0.15) is 23.3 Å². The van der Waals surface area contributed by atoms with Crippen molar-refractivity contribution < 1.29 is 28.7 Å². The molecular weight excluding hydrogens is 699 g/mol. The zero-order valence-corrected chi connectivity index (χ0v) is 30.0. The number of hydrogen-bond donors (Lipinski definition) is 6. The van der Waals surface area contributed by atoms with Crippen molar-refractivity contribution in [3.63, 3.8) is 0 Å². The third-order valence-corrected chi connectivity index (χ3v) is 8.86. The summed E-state index contributed by atoms with van der Waals surface area (Å²) in [5.74, 6) is -1.29. The number of hydrazine groups is 1. The highest BCUT2D eigenvalue weighted by Gasteiger charge is 2.28. The summed E-state index contributed by atoms with van der Waals surface area (Å²) in [7, 11) is 4.74. The van der Waals surface area contributed by atoms with E-state index < -0.39 is 35.5 Å². The van der Waals surface area contributed by atoms with Crippen molar-refractivity contribution in [3.05, 3.63) is 71.6 Å². The van der Waals surface area contributed by atoms with Gasteiger partial charge in [0.25, 0.3) is 5.91 Å². The summed E-state index contributed by atoms with van der Waals surface area (Å²) in [6.45, 7) is 5.53. The average Bonchev–Trinajstić information content (AvgIpc) is 3.08. The monoisotopic (exact) mass is 737 g/mol. The molecule has 7 N–H and O–H groups in total. The second kappa shape index (κ2) is 18.0. The third kappa shape index (κ3) is 12.4. The molecule has 19 heteroatoms. The van der Waals surface area contributed by atoms with E-state index >= 15 is 0 Å².